The van der Waals surface area contributed by atoms with Crippen LogP contribution in [0.5, 0.6) is 0 Å². The summed E-state index contributed by atoms with van der Waals surface area (Å²) in [4.78, 5) is 3.36. The maximum atomic E-state index is 13.2. The second-order valence-electron chi connectivity index (χ2n) is 2.92. The van der Waals surface area contributed by atoms with Crippen molar-refractivity contribution < 1.29 is 17.4 Å². The summed E-state index contributed by atoms with van der Waals surface area (Å²) in [7, 11) is -4.35. The van der Waals surface area contributed by atoms with Gasteiger partial charge in [0.25, 0.3) is 10.1 Å². The van der Waals surface area contributed by atoms with Crippen molar-refractivity contribution in [3.8, 4) is 0 Å². The first-order chi connectivity index (χ1) is 7.00. The molecule has 1 aromatic heterocycles. The minimum atomic E-state index is -4.35. The first kappa shape index (κ1) is 10.0. The first-order valence-electron chi connectivity index (χ1n) is 4.01. The summed E-state index contributed by atoms with van der Waals surface area (Å²) >= 11 is 0. The van der Waals surface area contributed by atoms with Gasteiger partial charge in [0.1, 0.15) is 16.2 Å². The average molecular weight is 227 g/mol. The molecule has 6 heteroatoms. The summed E-state index contributed by atoms with van der Waals surface area (Å²) in [5.74, 6) is -0.627. The average Bonchev–Trinajstić information content (AvgIpc) is 2.17. The van der Waals surface area contributed by atoms with Crippen molar-refractivity contribution in [3.63, 3.8) is 0 Å². The van der Waals surface area contributed by atoms with Gasteiger partial charge in [-0.15, -0.1) is 0 Å². The van der Waals surface area contributed by atoms with Crippen LogP contribution in [0.15, 0.2) is 35.4 Å². The fourth-order valence-corrected chi connectivity index (χ4v) is 2.02. The number of aromatic nitrogens is 1. The Balaban J connectivity index is 2.96. The van der Waals surface area contributed by atoms with Crippen molar-refractivity contribution in [2.24, 2.45) is 0 Å². The topological polar surface area (TPSA) is 67.3 Å². The molecule has 2 rings (SSSR count). The van der Waals surface area contributed by atoms with Gasteiger partial charge in [0.15, 0.2) is 0 Å². The Morgan fingerprint density at radius 2 is 2.00 bits per heavy atom. The van der Waals surface area contributed by atoms with E-state index in [4.69, 9.17) is 4.55 Å². The zero-order valence-electron chi connectivity index (χ0n) is 7.38. The Kier molecular flexibility index (Phi) is 2.17. The number of nitrogens with zero attached hydrogens (tertiary/aromatic N) is 1. The molecular weight excluding hydrogens is 221 g/mol. The summed E-state index contributed by atoms with van der Waals surface area (Å²) in [5.41, 5.74) is -0.0763. The van der Waals surface area contributed by atoms with Gasteiger partial charge in [-0.2, -0.15) is 8.42 Å². The summed E-state index contributed by atoms with van der Waals surface area (Å²) in [6, 6.07) is 4.82. The fraction of sp³-hybridized carbons (Fsp3) is 0. The molecule has 4 nitrogen and oxygen atoms in total. The SMILES string of the molecule is O=S(=O)(O)c1ccc(F)c2ncccc12. The zero-order valence-corrected chi connectivity index (χ0v) is 8.20. The van der Waals surface area contributed by atoms with Crippen LogP contribution in [0.4, 0.5) is 4.39 Å². The van der Waals surface area contributed by atoms with Crippen molar-refractivity contribution in [3.05, 3.63) is 36.3 Å². The van der Waals surface area contributed by atoms with Crippen LogP contribution in [0.25, 0.3) is 10.9 Å². The number of hydrogen-bond donors (Lipinski definition) is 1. The van der Waals surface area contributed by atoms with Crippen molar-refractivity contribution >= 4 is 21.0 Å². The summed E-state index contributed by atoms with van der Waals surface area (Å²) in [6.45, 7) is 0. The van der Waals surface area contributed by atoms with Crippen molar-refractivity contribution in [2.45, 2.75) is 4.90 Å². The number of fused-ring (bicyclic) bond motifs is 1. The number of pyridine rings is 1. The van der Waals surface area contributed by atoms with E-state index in [0.717, 1.165) is 12.1 Å². The second kappa shape index (κ2) is 3.25. The molecule has 0 spiro atoms. The van der Waals surface area contributed by atoms with Crippen LogP contribution in [0.1, 0.15) is 0 Å². The molecule has 0 saturated heterocycles. The molecule has 1 aromatic carbocycles. The highest BCUT2D eigenvalue weighted by Crippen LogP contribution is 2.23. The molecule has 0 aliphatic rings. The van der Waals surface area contributed by atoms with E-state index in [1.54, 1.807) is 0 Å². The predicted molar refractivity (Wildman–Crippen MR) is 51.5 cm³/mol. The molecule has 0 bridgehead atoms. The second-order valence-corrected chi connectivity index (χ2v) is 4.31. The summed E-state index contributed by atoms with van der Waals surface area (Å²) in [6.07, 6.45) is 1.35. The zero-order chi connectivity index (χ0) is 11.1. The minimum Gasteiger partial charge on any atom is -0.282 e. The van der Waals surface area contributed by atoms with E-state index >= 15 is 0 Å². The molecule has 0 unspecified atom stereocenters. The molecule has 78 valence electrons. The van der Waals surface area contributed by atoms with Gasteiger partial charge in [-0.05, 0) is 24.3 Å². The molecule has 15 heavy (non-hydrogen) atoms. The number of hydrogen-bond acceptors (Lipinski definition) is 3. The molecule has 1 heterocycles. The van der Waals surface area contributed by atoms with E-state index in [2.05, 4.69) is 4.98 Å². The van der Waals surface area contributed by atoms with Crippen molar-refractivity contribution in [2.75, 3.05) is 0 Å². The number of halogens is 1. The predicted octanol–water partition coefficient (Wildman–Crippen LogP) is 1.62. The van der Waals surface area contributed by atoms with Crippen molar-refractivity contribution in [1.82, 2.24) is 4.98 Å². The standard InChI is InChI=1S/C9H6FNO3S/c10-7-3-4-8(15(12,13)14)6-2-1-5-11-9(6)7/h1-5H,(H,12,13,14). The molecule has 0 aliphatic carbocycles. The lowest BCUT2D eigenvalue weighted by molar-refractivity contribution is 0.484. The van der Waals surface area contributed by atoms with Gasteiger partial charge in [0.2, 0.25) is 0 Å². The highest BCUT2D eigenvalue weighted by Gasteiger charge is 2.15. The molecule has 0 saturated carbocycles. The highest BCUT2D eigenvalue weighted by atomic mass is 32.2. The lowest BCUT2D eigenvalue weighted by Crippen LogP contribution is -2.00. The normalized spacial score (nSPS) is 11.9. The van der Waals surface area contributed by atoms with Gasteiger partial charge < -0.3 is 0 Å². The molecule has 2 aromatic rings. The van der Waals surface area contributed by atoms with Gasteiger partial charge in [-0.1, -0.05) is 0 Å². The Morgan fingerprint density at radius 1 is 1.27 bits per heavy atom. The van der Waals surface area contributed by atoms with Crippen LogP contribution < -0.4 is 0 Å². The molecule has 0 atom stereocenters. The quantitative estimate of drug-likeness (QED) is 0.752. The molecule has 0 fully saturated rings. The Hall–Kier alpha value is -1.53. The molecule has 1 N–H and O–H groups in total. The maximum Gasteiger partial charge on any atom is 0.295 e. The van der Waals surface area contributed by atoms with Crippen LogP contribution in [0, 0.1) is 5.82 Å². The number of rotatable bonds is 1. The third-order valence-corrected chi connectivity index (χ3v) is 2.87. The monoisotopic (exact) mass is 227 g/mol. The summed E-state index contributed by atoms with van der Waals surface area (Å²) < 4.78 is 44.0. The van der Waals surface area contributed by atoms with Crippen LogP contribution in [0.3, 0.4) is 0 Å². The van der Waals surface area contributed by atoms with Gasteiger partial charge in [0.05, 0.1) is 0 Å². The van der Waals surface area contributed by atoms with E-state index in [0.29, 0.717) is 0 Å². The first-order valence-corrected chi connectivity index (χ1v) is 5.45. The third-order valence-electron chi connectivity index (χ3n) is 1.96. The lowest BCUT2D eigenvalue weighted by atomic mass is 10.2. The van der Waals surface area contributed by atoms with Crippen LogP contribution >= 0.6 is 0 Å². The van der Waals surface area contributed by atoms with E-state index in [-0.39, 0.29) is 15.8 Å². The lowest BCUT2D eigenvalue weighted by Gasteiger charge is -2.02. The number of benzene rings is 1. The Labute approximate surface area is 85.1 Å². The Morgan fingerprint density at radius 3 is 2.67 bits per heavy atom. The maximum absolute atomic E-state index is 13.2. The van der Waals surface area contributed by atoms with E-state index < -0.39 is 15.9 Å². The van der Waals surface area contributed by atoms with E-state index in [9.17, 15) is 12.8 Å². The van der Waals surface area contributed by atoms with Gasteiger partial charge >= 0.3 is 0 Å². The largest absolute Gasteiger partial charge is 0.295 e. The molecule has 0 aliphatic heterocycles. The van der Waals surface area contributed by atoms with Crippen LogP contribution in [-0.2, 0) is 10.1 Å². The van der Waals surface area contributed by atoms with Gasteiger partial charge in [-0.3, -0.25) is 9.54 Å². The van der Waals surface area contributed by atoms with Crippen molar-refractivity contribution in [1.29, 1.82) is 0 Å². The third kappa shape index (κ3) is 1.69. The molecule has 0 amide bonds. The fourth-order valence-electron chi connectivity index (χ4n) is 1.34. The van der Waals surface area contributed by atoms with E-state index in [1.807, 2.05) is 0 Å². The molecule has 0 radical (unpaired) electrons. The van der Waals surface area contributed by atoms with Crippen LogP contribution in [-0.4, -0.2) is 18.0 Å². The smallest absolute Gasteiger partial charge is 0.282 e. The Bertz CT molecular complexity index is 624. The van der Waals surface area contributed by atoms with Crippen LogP contribution in [0.2, 0.25) is 0 Å². The van der Waals surface area contributed by atoms with E-state index in [1.165, 1.54) is 18.3 Å². The van der Waals surface area contributed by atoms with Gasteiger partial charge in [-0.25, -0.2) is 4.39 Å². The summed E-state index contributed by atoms with van der Waals surface area (Å²) in [5, 5.41) is 0.0694. The minimum absolute atomic E-state index is 0.0694. The van der Waals surface area contributed by atoms with Gasteiger partial charge in [0, 0.05) is 11.6 Å². The molecular formula is C9H6FNO3S. The highest BCUT2D eigenvalue weighted by molar-refractivity contribution is 7.86.